The molecule has 0 rings (SSSR count). The van der Waals surface area contributed by atoms with Crippen LogP contribution < -0.4 is 9.79 Å². The molecule has 0 aliphatic heterocycles. The van der Waals surface area contributed by atoms with Crippen molar-refractivity contribution in [2.75, 3.05) is 25.5 Å². The van der Waals surface area contributed by atoms with Gasteiger partial charge < -0.3 is 28.0 Å². The number of hydrogen-bond donors (Lipinski definition) is 0. The Labute approximate surface area is 241 Å². The summed E-state index contributed by atoms with van der Waals surface area (Å²) in [5.41, 5.74) is 0. The summed E-state index contributed by atoms with van der Waals surface area (Å²) in [6, 6.07) is 0. The van der Waals surface area contributed by atoms with Gasteiger partial charge in [0.25, 0.3) is 0 Å². The minimum atomic E-state index is -3.55. The van der Waals surface area contributed by atoms with Gasteiger partial charge >= 0.3 is 17.1 Å². The predicted molar refractivity (Wildman–Crippen MR) is 152 cm³/mol. The fourth-order valence-corrected chi connectivity index (χ4v) is 6.06. The first kappa shape index (κ1) is 42.3. The van der Waals surface area contributed by atoms with Crippen molar-refractivity contribution in [2.24, 2.45) is 0 Å². The van der Waals surface area contributed by atoms with E-state index in [-0.39, 0.29) is 29.4 Å². The Morgan fingerprint density at radius 3 is 0.946 bits per heavy atom. The van der Waals surface area contributed by atoms with Crippen molar-refractivity contribution in [1.29, 1.82) is 0 Å². The predicted octanol–water partition coefficient (Wildman–Crippen LogP) is 8.99. The minimum absolute atomic E-state index is 0. The van der Waals surface area contributed by atoms with Gasteiger partial charge in [0, 0.05) is 12.3 Å². The monoisotopic (exact) mass is 610 g/mol. The SMILES string of the molecule is CCCCCCCOP(=O)([O-])CCCCCCC.CCCCCCCOP(=O)([O-])CCCCCCC.[Fe+2]. The van der Waals surface area contributed by atoms with Crippen LogP contribution in [0.5, 0.6) is 0 Å². The van der Waals surface area contributed by atoms with E-state index in [2.05, 4.69) is 27.7 Å². The van der Waals surface area contributed by atoms with Crippen LogP contribution >= 0.6 is 15.2 Å². The Morgan fingerprint density at radius 2 is 0.676 bits per heavy atom. The Bertz CT molecular complexity index is 491. The summed E-state index contributed by atoms with van der Waals surface area (Å²) in [6.45, 7) is 9.39. The molecule has 226 valence electrons. The second-order valence-electron chi connectivity index (χ2n) is 9.99. The van der Waals surface area contributed by atoms with Crippen molar-refractivity contribution < 1.29 is 45.0 Å². The summed E-state index contributed by atoms with van der Waals surface area (Å²) < 4.78 is 33.1. The molecule has 0 saturated heterocycles. The molecule has 0 aromatic heterocycles. The molecule has 0 bridgehead atoms. The number of rotatable bonds is 26. The van der Waals surface area contributed by atoms with E-state index in [9.17, 15) is 18.9 Å². The summed E-state index contributed by atoms with van der Waals surface area (Å²) >= 11 is 0. The Hall–Kier alpha value is 0.819. The van der Waals surface area contributed by atoms with E-state index < -0.39 is 15.2 Å². The summed E-state index contributed by atoms with van der Waals surface area (Å²) in [6.07, 6.45) is 22.1. The Morgan fingerprint density at radius 1 is 0.432 bits per heavy atom. The van der Waals surface area contributed by atoms with Crippen LogP contribution in [0, 0.1) is 0 Å². The minimum Gasteiger partial charge on any atom is -0.778 e. The molecule has 6 nitrogen and oxygen atoms in total. The maximum atomic E-state index is 11.6. The average molecular weight is 611 g/mol. The zero-order valence-corrected chi connectivity index (χ0v) is 27.6. The van der Waals surface area contributed by atoms with Gasteiger partial charge in [0.2, 0.25) is 0 Å². The summed E-state index contributed by atoms with van der Waals surface area (Å²) in [4.78, 5) is 23.1. The fraction of sp³-hybridized carbons (Fsp3) is 1.00. The molecule has 0 saturated carbocycles. The van der Waals surface area contributed by atoms with Crippen LogP contribution in [0.4, 0.5) is 0 Å². The molecule has 9 heteroatoms. The zero-order valence-electron chi connectivity index (χ0n) is 24.7. The quantitative estimate of drug-likeness (QED) is 0.0551. The molecule has 0 amide bonds. The van der Waals surface area contributed by atoms with Gasteiger partial charge in [-0.05, 0) is 25.7 Å². The van der Waals surface area contributed by atoms with Crippen LogP contribution in [-0.2, 0) is 35.2 Å². The van der Waals surface area contributed by atoms with Crippen molar-refractivity contribution in [2.45, 2.75) is 156 Å². The van der Waals surface area contributed by atoms with Crippen molar-refractivity contribution in [3.8, 4) is 0 Å². The normalized spacial score (nSPS) is 14.2. The maximum Gasteiger partial charge on any atom is 2.00 e. The summed E-state index contributed by atoms with van der Waals surface area (Å²) in [5, 5.41) is 0. The molecule has 0 heterocycles. The smallest absolute Gasteiger partial charge is 0.778 e. The van der Waals surface area contributed by atoms with E-state index >= 15 is 0 Å². The van der Waals surface area contributed by atoms with Gasteiger partial charge in [0.15, 0.2) is 0 Å². The fourth-order valence-electron chi connectivity index (χ4n) is 3.77. The summed E-state index contributed by atoms with van der Waals surface area (Å²) in [5.74, 6) is 0. The maximum absolute atomic E-state index is 11.6. The van der Waals surface area contributed by atoms with Gasteiger partial charge in [-0.3, -0.25) is 0 Å². The molecule has 0 fully saturated rings. The van der Waals surface area contributed by atoms with Crippen molar-refractivity contribution in [3.63, 3.8) is 0 Å². The molecule has 0 aliphatic carbocycles. The first-order chi connectivity index (χ1) is 17.2. The third-order valence-corrected chi connectivity index (χ3v) is 9.02. The van der Waals surface area contributed by atoms with Crippen LogP contribution in [0.2, 0.25) is 0 Å². The molecule has 0 aliphatic rings. The van der Waals surface area contributed by atoms with Crippen LogP contribution in [0.3, 0.4) is 0 Å². The largest absolute Gasteiger partial charge is 2.00 e. The van der Waals surface area contributed by atoms with Gasteiger partial charge in [-0.25, -0.2) is 0 Å². The molecular weight excluding hydrogens is 550 g/mol. The van der Waals surface area contributed by atoms with Crippen molar-refractivity contribution in [1.82, 2.24) is 0 Å². The van der Waals surface area contributed by atoms with E-state index in [0.717, 1.165) is 64.2 Å². The summed E-state index contributed by atoms with van der Waals surface area (Å²) in [7, 11) is -7.09. The van der Waals surface area contributed by atoms with E-state index in [1.807, 2.05) is 0 Å². The standard InChI is InChI=1S/2C14H31O3P.Fe/c2*1-3-5-7-9-11-13-17-18(15,16)14-12-10-8-6-4-2;/h2*3-14H2,1-2H3,(H,15,16);/q;;+2/p-2. The van der Waals surface area contributed by atoms with Gasteiger partial charge in [-0.2, -0.15) is 0 Å². The molecule has 0 aromatic carbocycles. The molecular formula is C28H60FeO6P2. The van der Waals surface area contributed by atoms with Crippen molar-refractivity contribution in [3.05, 3.63) is 0 Å². The van der Waals surface area contributed by atoms with Crippen LogP contribution in [0.15, 0.2) is 0 Å². The zero-order chi connectivity index (χ0) is 27.4. The second kappa shape index (κ2) is 31.3. The molecule has 0 aromatic rings. The molecule has 2 unspecified atom stereocenters. The number of hydrogen-bond acceptors (Lipinski definition) is 6. The van der Waals surface area contributed by atoms with Gasteiger partial charge in [-0.15, -0.1) is 0 Å². The first-order valence-corrected chi connectivity index (χ1v) is 18.6. The molecule has 37 heavy (non-hydrogen) atoms. The molecule has 0 spiro atoms. The van der Waals surface area contributed by atoms with Gasteiger partial charge in [0.05, 0.1) is 13.2 Å². The van der Waals surface area contributed by atoms with Crippen LogP contribution in [-0.4, -0.2) is 25.5 Å². The van der Waals surface area contributed by atoms with Crippen LogP contribution in [0.25, 0.3) is 0 Å². The second-order valence-corrected chi connectivity index (χ2v) is 13.8. The Kier molecular flexibility index (Phi) is 35.8. The molecule has 0 N–H and O–H groups in total. The van der Waals surface area contributed by atoms with E-state index in [0.29, 0.717) is 13.2 Å². The van der Waals surface area contributed by atoms with Gasteiger partial charge in [0.1, 0.15) is 15.2 Å². The number of unbranched alkanes of at least 4 members (excludes halogenated alkanes) is 16. The van der Waals surface area contributed by atoms with Crippen molar-refractivity contribution >= 4 is 15.2 Å². The van der Waals surface area contributed by atoms with E-state index in [4.69, 9.17) is 9.05 Å². The van der Waals surface area contributed by atoms with E-state index in [1.165, 1.54) is 64.2 Å². The molecule has 0 radical (unpaired) electrons. The topological polar surface area (TPSA) is 98.7 Å². The van der Waals surface area contributed by atoms with Gasteiger partial charge in [-0.1, -0.05) is 130 Å². The van der Waals surface area contributed by atoms with Crippen LogP contribution in [0.1, 0.15) is 156 Å². The van der Waals surface area contributed by atoms with E-state index in [1.54, 1.807) is 0 Å². The molecule has 2 atom stereocenters. The first-order valence-electron chi connectivity index (χ1n) is 15.1. The third-order valence-electron chi connectivity index (χ3n) is 6.14. The Balaban J connectivity index is -0.000000608. The third kappa shape index (κ3) is 36.8. The average Bonchev–Trinajstić information content (AvgIpc) is 2.83.